The number of nitrogens with one attached hydrogen (secondary N) is 1. The van der Waals surface area contributed by atoms with Crippen LogP contribution in [0.1, 0.15) is 45.1 Å². The first-order valence-corrected chi connectivity index (χ1v) is 8.31. The Balaban J connectivity index is 1.67. The Hall–Kier alpha value is -0.860. The summed E-state index contributed by atoms with van der Waals surface area (Å²) in [6.07, 6.45) is 6.36. The second-order valence-electron chi connectivity index (χ2n) is 6.15. The van der Waals surface area contributed by atoms with E-state index in [4.69, 9.17) is 0 Å². The van der Waals surface area contributed by atoms with Gasteiger partial charge in [-0.15, -0.1) is 0 Å². The highest BCUT2D eigenvalue weighted by molar-refractivity contribution is 5.14. The Morgan fingerprint density at radius 3 is 2.75 bits per heavy atom. The number of rotatable bonds is 7. The van der Waals surface area contributed by atoms with Gasteiger partial charge in [-0.25, -0.2) is 0 Å². The lowest BCUT2D eigenvalue weighted by molar-refractivity contribution is 0.135. The number of hydrogen-bond acceptors (Lipinski definition) is 2. The number of benzene rings is 1. The third-order valence-corrected chi connectivity index (χ3v) is 4.45. The molecular formula is C18H30N2. The van der Waals surface area contributed by atoms with Crippen LogP contribution in [0.3, 0.4) is 0 Å². The van der Waals surface area contributed by atoms with Crippen LogP contribution in [-0.4, -0.2) is 36.6 Å². The minimum Gasteiger partial charge on any atom is -0.314 e. The molecule has 20 heavy (non-hydrogen) atoms. The number of nitrogens with zero attached hydrogens (tertiary/aromatic N) is 1. The number of likely N-dealkylation sites (tertiary alicyclic amines) is 1. The summed E-state index contributed by atoms with van der Waals surface area (Å²) in [5.41, 5.74) is 1.47. The summed E-state index contributed by atoms with van der Waals surface area (Å²) < 4.78 is 0. The van der Waals surface area contributed by atoms with Gasteiger partial charge in [-0.1, -0.05) is 37.3 Å². The van der Waals surface area contributed by atoms with Gasteiger partial charge in [0.05, 0.1) is 0 Å². The van der Waals surface area contributed by atoms with Gasteiger partial charge in [0, 0.05) is 12.1 Å². The van der Waals surface area contributed by atoms with E-state index in [1.165, 1.54) is 57.3 Å². The zero-order valence-corrected chi connectivity index (χ0v) is 13.1. The van der Waals surface area contributed by atoms with Crippen LogP contribution < -0.4 is 5.32 Å². The van der Waals surface area contributed by atoms with Crippen LogP contribution in [0.5, 0.6) is 0 Å². The number of aryl methyl sites for hydroxylation is 1. The highest BCUT2D eigenvalue weighted by Gasteiger charge is 2.24. The van der Waals surface area contributed by atoms with Crippen LogP contribution in [0.2, 0.25) is 0 Å². The normalized spacial score (nSPS) is 23.9. The van der Waals surface area contributed by atoms with Crippen LogP contribution in [0.15, 0.2) is 30.3 Å². The van der Waals surface area contributed by atoms with Crippen molar-refractivity contribution in [3.8, 4) is 0 Å². The molecule has 0 saturated carbocycles. The lowest BCUT2D eigenvalue weighted by Gasteiger charge is -2.38. The van der Waals surface area contributed by atoms with E-state index in [9.17, 15) is 0 Å². The molecule has 0 amide bonds. The lowest BCUT2D eigenvalue weighted by atomic mass is 9.97. The summed E-state index contributed by atoms with van der Waals surface area (Å²) in [5, 5.41) is 3.68. The van der Waals surface area contributed by atoms with Gasteiger partial charge in [0.1, 0.15) is 0 Å². The van der Waals surface area contributed by atoms with Crippen LogP contribution in [0.25, 0.3) is 0 Å². The van der Waals surface area contributed by atoms with Crippen molar-refractivity contribution < 1.29 is 0 Å². The molecule has 1 heterocycles. The summed E-state index contributed by atoms with van der Waals surface area (Å²) in [7, 11) is 0. The maximum absolute atomic E-state index is 3.68. The van der Waals surface area contributed by atoms with Gasteiger partial charge in [-0.05, 0) is 64.2 Å². The van der Waals surface area contributed by atoms with E-state index < -0.39 is 0 Å². The smallest absolute Gasteiger partial charge is 0.00940 e. The largest absolute Gasteiger partial charge is 0.314 e. The molecule has 2 unspecified atom stereocenters. The van der Waals surface area contributed by atoms with Gasteiger partial charge in [-0.2, -0.15) is 0 Å². The summed E-state index contributed by atoms with van der Waals surface area (Å²) in [5.74, 6) is 0. The maximum Gasteiger partial charge on any atom is 0.00940 e. The molecule has 1 aromatic rings. The molecule has 1 saturated heterocycles. The molecule has 1 N–H and O–H groups in total. The SMILES string of the molecule is CCCNC1CCN(CCCc2ccccc2)C(C)C1. The molecule has 0 bridgehead atoms. The van der Waals surface area contributed by atoms with Gasteiger partial charge in [0.2, 0.25) is 0 Å². The highest BCUT2D eigenvalue weighted by Crippen LogP contribution is 2.18. The molecule has 2 heteroatoms. The fourth-order valence-corrected chi connectivity index (χ4v) is 3.22. The second-order valence-corrected chi connectivity index (χ2v) is 6.15. The monoisotopic (exact) mass is 274 g/mol. The molecule has 0 aromatic heterocycles. The molecular weight excluding hydrogens is 244 g/mol. The van der Waals surface area contributed by atoms with Crippen molar-refractivity contribution >= 4 is 0 Å². The van der Waals surface area contributed by atoms with E-state index in [0.717, 1.165) is 12.1 Å². The molecule has 1 aliphatic heterocycles. The van der Waals surface area contributed by atoms with Gasteiger partial charge in [0.25, 0.3) is 0 Å². The minimum absolute atomic E-state index is 0.730. The van der Waals surface area contributed by atoms with E-state index in [0.29, 0.717) is 0 Å². The first-order valence-electron chi connectivity index (χ1n) is 8.31. The average Bonchev–Trinajstić information content (AvgIpc) is 2.48. The van der Waals surface area contributed by atoms with E-state index in [-0.39, 0.29) is 0 Å². The molecule has 1 aromatic carbocycles. The molecule has 1 fully saturated rings. The summed E-state index contributed by atoms with van der Waals surface area (Å²) in [6, 6.07) is 12.3. The van der Waals surface area contributed by atoms with E-state index in [2.05, 4.69) is 54.4 Å². The highest BCUT2D eigenvalue weighted by atomic mass is 15.2. The van der Waals surface area contributed by atoms with Crippen molar-refractivity contribution in [1.82, 2.24) is 10.2 Å². The van der Waals surface area contributed by atoms with Crippen molar-refractivity contribution in [2.45, 2.75) is 58.0 Å². The second kappa shape index (κ2) is 8.43. The van der Waals surface area contributed by atoms with Crippen molar-refractivity contribution in [3.63, 3.8) is 0 Å². The summed E-state index contributed by atoms with van der Waals surface area (Å²) >= 11 is 0. The van der Waals surface area contributed by atoms with Gasteiger partial charge >= 0.3 is 0 Å². The molecule has 112 valence electrons. The summed E-state index contributed by atoms with van der Waals surface area (Å²) in [6.45, 7) is 8.32. The third-order valence-electron chi connectivity index (χ3n) is 4.45. The lowest BCUT2D eigenvalue weighted by Crippen LogP contribution is -2.47. The van der Waals surface area contributed by atoms with Crippen LogP contribution >= 0.6 is 0 Å². The molecule has 2 nitrogen and oxygen atoms in total. The zero-order valence-electron chi connectivity index (χ0n) is 13.1. The van der Waals surface area contributed by atoms with Gasteiger partial charge in [-0.3, -0.25) is 0 Å². The Labute approximate surface area is 124 Å². The van der Waals surface area contributed by atoms with Crippen LogP contribution in [0, 0.1) is 0 Å². The van der Waals surface area contributed by atoms with Gasteiger partial charge in [0.15, 0.2) is 0 Å². The van der Waals surface area contributed by atoms with Gasteiger partial charge < -0.3 is 10.2 Å². The van der Waals surface area contributed by atoms with Crippen LogP contribution in [-0.2, 0) is 6.42 Å². The molecule has 0 radical (unpaired) electrons. The number of piperidine rings is 1. The minimum atomic E-state index is 0.730. The third kappa shape index (κ3) is 4.92. The number of hydrogen-bond donors (Lipinski definition) is 1. The quantitative estimate of drug-likeness (QED) is 0.819. The molecule has 2 atom stereocenters. The van der Waals surface area contributed by atoms with Crippen molar-refractivity contribution in [2.75, 3.05) is 19.6 Å². The Morgan fingerprint density at radius 1 is 1.25 bits per heavy atom. The molecule has 2 rings (SSSR count). The Bertz CT molecular complexity index is 363. The molecule has 0 aliphatic carbocycles. The standard InChI is InChI=1S/C18H30N2/c1-3-12-19-18-11-14-20(16(2)15-18)13-7-10-17-8-5-4-6-9-17/h4-6,8-9,16,18-19H,3,7,10-15H2,1-2H3. The van der Waals surface area contributed by atoms with Crippen molar-refractivity contribution in [3.05, 3.63) is 35.9 Å². The van der Waals surface area contributed by atoms with Crippen LogP contribution in [0.4, 0.5) is 0 Å². The fraction of sp³-hybridized carbons (Fsp3) is 0.667. The topological polar surface area (TPSA) is 15.3 Å². The molecule has 0 spiro atoms. The van der Waals surface area contributed by atoms with E-state index in [1.807, 2.05) is 0 Å². The van der Waals surface area contributed by atoms with E-state index >= 15 is 0 Å². The zero-order chi connectivity index (χ0) is 14.2. The van der Waals surface area contributed by atoms with E-state index in [1.54, 1.807) is 0 Å². The first-order chi connectivity index (χ1) is 9.79. The summed E-state index contributed by atoms with van der Waals surface area (Å²) in [4.78, 5) is 2.67. The Kier molecular flexibility index (Phi) is 6.55. The molecule has 1 aliphatic rings. The average molecular weight is 274 g/mol. The van der Waals surface area contributed by atoms with Crippen molar-refractivity contribution in [2.24, 2.45) is 0 Å². The maximum atomic E-state index is 3.68. The fourth-order valence-electron chi connectivity index (χ4n) is 3.22. The predicted molar refractivity (Wildman–Crippen MR) is 87.1 cm³/mol. The first kappa shape index (κ1) is 15.5. The Morgan fingerprint density at radius 2 is 2.05 bits per heavy atom. The predicted octanol–water partition coefficient (Wildman–Crippen LogP) is 3.47. The van der Waals surface area contributed by atoms with Crippen molar-refractivity contribution in [1.29, 1.82) is 0 Å².